The number of aromatic amines is 1. The van der Waals surface area contributed by atoms with Crippen molar-refractivity contribution in [3.8, 4) is 11.4 Å². The van der Waals surface area contributed by atoms with E-state index in [2.05, 4.69) is 20.5 Å². The van der Waals surface area contributed by atoms with Gasteiger partial charge in [-0.1, -0.05) is 47.1 Å². The molecule has 0 atom stereocenters. The number of amides is 1. The van der Waals surface area contributed by atoms with Crippen LogP contribution in [0.1, 0.15) is 0 Å². The third kappa shape index (κ3) is 4.29. The summed E-state index contributed by atoms with van der Waals surface area (Å²) in [5.74, 6) is 0.634. The number of carbonyl (C=O) groups is 1. The maximum atomic E-state index is 12.0. The fourth-order valence-electron chi connectivity index (χ4n) is 1.93. The van der Waals surface area contributed by atoms with Crippen molar-refractivity contribution in [3.63, 3.8) is 0 Å². The standard InChI is InChI=1S/C16H12Cl2N4OS/c17-11-7-5-10(6-8-11)15-20-16(22-21-15)24-9-14(23)19-13-4-2-1-3-12(13)18/h1-8H,9H2,(H,19,23)(H,20,21,22). The average Bonchev–Trinajstić information content (AvgIpc) is 3.05. The molecule has 0 aliphatic heterocycles. The summed E-state index contributed by atoms with van der Waals surface area (Å²) >= 11 is 13.1. The third-order valence-electron chi connectivity index (χ3n) is 3.06. The molecule has 0 aliphatic rings. The van der Waals surface area contributed by atoms with E-state index in [0.717, 1.165) is 5.56 Å². The molecule has 3 aromatic rings. The van der Waals surface area contributed by atoms with E-state index in [-0.39, 0.29) is 11.7 Å². The monoisotopic (exact) mass is 378 g/mol. The smallest absolute Gasteiger partial charge is 0.234 e. The first-order chi connectivity index (χ1) is 11.6. The topological polar surface area (TPSA) is 70.7 Å². The Morgan fingerprint density at radius 2 is 1.88 bits per heavy atom. The molecule has 1 aromatic heterocycles. The Morgan fingerprint density at radius 3 is 2.62 bits per heavy atom. The highest BCUT2D eigenvalue weighted by atomic mass is 35.5. The number of halogens is 2. The first kappa shape index (κ1) is 16.8. The van der Waals surface area contributed by atoms with Crippen LogP contribution < -0.4 is 5.32 Å². The number of H-pyrrole nitrogens is 1. The minimum atomic E-state index is -0.175. The van der Waals surface area contributed by atoms with Crippen molar-refractivity contribution in [1.29, 1.82) is 0 Å². The number of anilines is 1. The molecule has 0 fully saturated rings. The molecule has 2 aromatic carbocycles. The molecule has 8 heteroatoms. The fraction of sp³-hybridized carbons (Fsp3) is 0.0625. The number of benzene rings is 2. The molecular weight excluding hydrogens is 367 g/mol. The zero-order valence-electron chi connectivity index (χ0n) is 12.3. The van der Waals surface area contributed by atoms with Crippen molar-refractivity contribution in [2.75, 3.05) is 11.1 Å². The predicted molar refractivity (Wildman–Crippen MR) is 97.6 cm³/mol. The molecule has 3 rings (SSSR count). The number of hydrogen-bond donors (Lipinski definition) is 2. The Kier molecular flexibility index (Phi) is 5.40. The van der Waals surface area contributed by atoms with Gasteiger partial charge in [0.15, 0.2) is 5.82 Å². The minimum absolute atomic E-state index is 0.175. The van der Waals surface area contributed by atoms with Crippen molar-refractivity contribution in [2.24, 2.45) is 0 Å². The Bertz CT molecular complexity index is 851. The number of aromatic nitrogens is 3. The zero-order valence-corrected chi connectivity index (χ0v) is 14.6. The van der Waals surface area contributed by atoms with Gasteiger partial charge >= 0.3 is 0 Å². The Morgan fingerprint density at radius 1 is 1.12 bits per heavy atom. The minimum Gasteiger partial charge on any atom is -0.324 e. The van der Waals surface area contributed by atoms with E-state index < -0.39 is 0 Å². The molecule has 1 heterocycles. The van der Waals surface area contributed by atoms with Crippen LogP contribution in [0, 0.1) is 0 Å². The van der Waals surface area contributed by atoms with E-state index in [4.69, 9.17) is 23.2 Å². The SMILES string of the molecule is O=C(CSc1n[nH]c(-c2ccc(Cl)cc2)n1)Nc1ccccc1Cl. The summed E-state index contributed by atoms with van der Waals surface area (Å²) in [5, 5.41) is 11.3. The molecule has 2 N–H and O–H groups in total. The van der Waals surface area contributed by atoms with Gasteiger partial charge in [-0.2, -0.15) is 0 Å². The lowest BCUT2D eigenvalue weighted by atomic mass is 10.2. The summed E-state index contributed by atoms with van der Waals surface area (Å²) in [5.41, 5.74) is 1.46. The van der Waals surface area contributed by atoms with Gasteiger partial charge in [0.25, 0.3) is 0 Å². The van der Waals surface area contributed by atoms with Crippen molar-refractivity contribution >= 4 is 46.6 Å². The van der Waals surface area contributed by atoms with Gasteiger partial charge in [-0.15, -0.1) is 5.10 Å². The molecule has 0 aliphatic carbocycles. The zero-order chi connectivity index (χ0) is 16.9. The molecule has 122 valence electrons. The molecule has 5 nitrogen and oxygen atoms in total. The number of carbonyl (C=O) groups excluding carboxylic acids is 1. The molecule has 24 heavy (non-hydrogen) atoms. The fourth-order valence-corrected chi connectivity index (χ4v) is 2.83. The Hall–Kier alpha value is -2.02. The van der Waals surface area contributed by atoms with Gasteiger partial charge in [0.1, 0.15) is 0 Å². The predicted octanol–water partition coefficient (Wildman–Crippen LogP) is 4.51. The normalized spacial score (nSPS) is 10.6. The van der Waals surface area contributed by atoms with E-state index in [1.165, 1.54) is 11.8 Å². The second-order valence-corrected chi connectivity index (χ2v) is 6.58. The Balaban J connectivity index is 1.58. The molecule has 0 bridgehead atoms. The van der Waals surface area contributed by atoms with E-state index in [0.29, 0.717) is 26.7 Å². The maximum absolute atomic E-state index is 12.0. The molecule has 0 spiro atoms. The van der Waals surface area contributed by atoms with Crippen LogP contribution >= 0.6 is 35.0 Å². The van der Waals surface area contributed by atoms with Crippen molar-refractivity contribution in [3.05, 3.63) is 58.6 Å². The highest BCUT2D eigenvalue weighted by Crippen LogP contribution is 2.23. The van der Waals surface area contributed by atoms with Gasteiger partial charge in [0.2, 0.25) is 11.1 Å². The number of thioether (sulfide) groups is 1. The van der Waals surface area contributed by atoms with E-state index in [1.807, 2.05) is 18.2 Å². The molecule has 0 saturated carbocycles. The number of hydrogen-bond acceptors (Lipinski definition) is 4. The van der Waals surface area contributed by atoms with Crippen LogP contribution in [0.15, 0.2) is 53.7 Å². The second-order valence-electron chi connectivity index (χ2n) is 4.79. The van der Waals surface area contributed by atoms with Crippen molar-refractivity contribution in [2.45, 2.75) is 5.16 Å². The summed E-state index contributed by atoms with van der Waals surface area (Å²) in [4.78, 5) is 16.3. The summed E-state index contributed by atoms with van der Waals surface area (Å²) in [6.07, 6.45) is 0. The van der Waals surface area contributed by atoms with Crippen LogP contribution in [0.5, 0.6) is 0 Å². The molecule has 1 amide bonds. The quantitative estimate of drug-likeness (QED) is 0.640. The summed E-state index contributed by atoms with van der Waals surface area (Å²) in [6, 6.07) is 14.3. The van der Waals surface area contributed by atoms with Crippen LogP contribution in [0.4, 0.5) is 5.69 Å². The number of nitrogens with zero attached hydrogens (tertiary/aromatic N) is 2. The van der Waals surface area contributed by atoms with Crippen LogP contribution in [-0.2, 0) is 4.79 Å². The van der Waals surface area contributed by atoms with Crippen molar-refractivity contribution < 1.29 is 4.79 Å². The van der Waals surface area contributed by atoms with E-state index >= 15 is 0 Å². The van der Waals surface area contributed by atoms with Gasteiger partial charge < -0.3 is 5.32 Å². The number of nitrogens with one attached hydrogen (secondary N) is 2. The highest BCUT2D eigenvalue weighted by Gasteiger charge is 2.10. The second kappa shape index (κ2) is 7.70. The summed E-state index contributed by atoms with van der Waals surface area (Å²) < 4.78 is 0. The molecule has 0 radical (unpaired) electrons. The van der Waals surface area contributed by atoms with E-state index in [1.54, 1.807) is 30.3 Å². The van der Waals surface area contributed by atoms with Crippen LogP contribution in [0.25, 0.3) is 11.4 Å². The molecule has 0 saturated heterocycles. The van der Waals surface area contributed by atoms with Gasteiger partial charge in [-0.25, -0.2) is 4.98 Å². The summed E-state index contributed by atoms with van der Waals surface area (Å²) in [7, 11) is 0. The molecular formula is C16H12Cl2N4OS. The summed E-state index contributed by atoms with van der Waals surface area (Å²) in [6.45, 7) is 0. The van der Waals surface area contributed by atoms with Crippen LogP contribution in [0.2, 0.25) is 10.0 Å². The number of rotatable bonds is 5. The van der Waals surface area contributed by atoms with Crippen LogP contribution in [-0.4, -0.2) is 26.8 Å². The number of para-hydroxylation sites is 1. The van der Waals surface area contributed by atoms with Gasteiger partial charge in [0, 0.05) is 10.6 Å². The molecule has 0 unspecified atom stereocenters. The van der Waals surface area contributed by atoms with Gasteiger partial charge in [-0.05, 0) is 36.4 Å². The third-order valence-corrected chi connectivity index (χ3v) is 4.49. The van der Waals surface area contributed by atoms with Crippen molar-refractivity contribution in [1.82, 2.24) is 15.2 Å². The van der Waals surface area contributed by atoms with E-state index in [9.17, 15) is 4.79 Å². The lowest BCUT2D eigenvalue weighted by Crippen LogP contribution is -2.14. The first-order valence-corrected chi connectivity index (χ1v) is 8.71. The largest absolute Gasteiger partial charge is 0.324 e. The highest BCUT2D eigenvalue weighted by molar-refractivity contribution is 7.99. The lowest BCUT2D eigenvalue weighted by Gasteiger charge is -2.05. The van der Waals surface area contributed by atoms with Crippen LogP contribution in [0.3, 0.4) is 0 Å². The van der Waals surface area contributed by atoms with Gasteiger partial charge in [0.05, 0.1) is 16.5 Å². The average molecular weight is 379 g/mol. The van der Waals surface area contributed by atoms with Gasteiger partial charge in [-0.3, -0.25) is 9.89 Å². The maximum Gasteiger partial charge on any atom is 0.234 e. The lowest BCUT2D eigenvalue weighted by molar-refractivity contribution is -0.113. The first-order valence-electron chi connectivity index (χ1n) is 6.97. The Labute approximate surface area is 152 Å².